The van der Waals surface area contributed by atoms with Crippen LogP contribution in [0.4, 0.5) is 5.82 Å². The van der Waals surface area contributed by atoms with E-state index in [0.717, 1.165) is 0 Å². The number of aromatic nitrogens is 2. The smallest absolute Gasteiger partial charge is 0.258 e. The lowest BCUT2D eigenvalue weighted by Crippen LogP contribution is -2.13. The molecular formula is C11H6BrCl2N3O. The lowest BCUT2D eigenvalue weighted by molar-refractivity contribution is 0.102. The van der Waals surface area contributed by atoms with Crippen LogP contribution in [0.15, 0.2) is 35.2 Å². The molecule has 2 aromatic rings. The number of carbonyl (C=O) groups is 1. The molecule has 0 radical (unpaired) electrons. The fraction of sp³-hybridized carbons (Fsp3) is 0. The van der Waals surface area contributed by atoms with Gasteiger partial charge in [-0.05, 0) is 34.1 Å². The van der Waals surface area contributed by atoms with Gasteiger partial charge < -0.3 is 5.32 Å². The number of rotatable bonds is 2. The van der Waals surface area contributed by atoms with Crippen molar-refractivity contribution in [1.29, 1.82) is 0 Å². The minimum absolute atomic E-state index is 0.282. The Morgan fingerprint density at radius 1 is 1.22 bits per heavy atom. The Morgan fingerprint density at radius 3 is 2.61 bits per heavy atom. The lowest BCUT2D eigenvalue weighted by Gasteiger charge is -2.05. The maximum Gasteiger partial charge on any atom is 0.258 e. The Balaban J connectivity index is 2.19. The van der Waals surface area contributed by atoms with Crippen LogP contribution in [0.1, 0.15) is 10.4 Å². The second-order valence-corrected chi connectivity index (χ2v) is 4.96. The molecule has 0 bridgehead atoms. The minimum Gasteiger partial charge on any atom is -0.305 e. The zero-order valence-corrected chi connectivity index (χ0v) is 11.9. The van der Waals surface area contributed by atoms with Crippen molar-refractivity contribution in [1.82, 2.24) is 9.97 Å². The van der Waals surface area contributed by atoms with Gasteiger partial charge in [0.25, 0.3) is 5.91 Å². The summed E-state index contributed by atoms with van der Waals surface area (Å²) in [6.45, 7) is 0. The zero-order chi connectivity index (χ0) is 13.1. The summed E-state index contributed by atoms with van der Waals surface area (Å²) in [5, 5.41) is 3.34. The number of nitrogens with one attached hydrogen (secondary N) is 1. The summed E-state index contributed by atoms with van der Waals surface area (Å²) >= 11 is 14.8. The van der Waals surface area contributed by atoms with Crippen LogP contribution in [-0.4, -0.2) is 15.9 Å². The fourth-order valence-electron chi connectivity index (χ4n) is 1.23. The largest absolute Gasteiger partial charge is 0.305 e. The summed E-state index contributed by atoms with van der Waals surface area (Å²) in [5.41, 5.74) is 0.325. The molecule has 0 spiro atoms. The van der Waals surface area contributed by atoms with E-state index in [1.165, 1.54) is 18.5 Å². The van der Waals surface area contributed by atoms with Crippen molar-refractivity contribution < 1.29 is 4.79 Å². The van der Waals surface area contributed by atoms with E-state index in [9.17, 15) is 4.79 Å². The molecule has 1 aromatic carbocycles. The van der Waals surface area contributed by atoms with Gasteiger partial charge in [0.15, 0.2) is 5.82 Å². The van der Waals surface area contributed by atoms with Crippen molar-refractivity contribution in [2.24, 2.45) is 0 Å². The monoisotopic (exact) mass is 345 g/mol. The Kier molecular flexibility index (Phi) is 4.16. The molecule has 0 aliphatic carbocycles. The van der Waals surface area contributed by atoms with E-state index in [1.807, 2.05) is 0 Å². The SMILES string of the molecule is O=C(Nc1cnc(Br)cn1)c1ccc(Cl)cc1Cl. The lowest BCUT2D eigenvalue weighted by atomic mass is 10.2. The normalized spacial score (nSPS) is 10.2. The topological polar surface area (TPSA) is 54.9 Å². The number of hydrogen-bond donors (Lipinski definition) is 1. The molecule has 1 aromatic heterocycles. The number of carbonyl (C=O) groups excluding carboxylic acids is 1. The van der Waals surface area contributed by atoms with Crippen LogP contribution >= 0.6 is 39.1 Å². The quantitative estimate of drug-likeness (QED) is 0.899. The summed E-state index contributed by atoms with van der Waals surface area (Å²) in [4.78, 5) is 19.8. The molecule has 1 amide bonds. The van der Waals surface area contributed by atoms with E-state index < -0.39 is 0 Å². The van der Waals surface area contributed by atoms with Gasteiger partial charge in [0.2, 0.25) is 0 Å². The van der Waals surface area contributed by atoms with Crippen LogP contribution < -0.4 is 5.32 Å². The van der Waals surface area contributed by atoms with Crippen LogP contribution in [0.2, 0.25) is 10.0 Å². The first-order valence-electron chi connectivity index (χ1n) is 4.80. The van der Waals surface area contributed by atoms with E-state index >= 15 is 0 Å². The van der Waals surface area contributed by atoms with Gasteiger partial charge in [0, 0.05) is 5.02 Å². The first-order chi connectivity index (χ1) is 8.56. The van der Waals surface area contributed by atoms with E-state index in [-0.39, 0.29) is 10.9 Å². The van der Waals surface area contributed by atoms with E-state index in [1.54, 1.807) is 12.1 Å². The third kappa shape index (κ3) is 3.19. The molecular weight excluding hydrogens is 341 g/mol. The number of nitrogens with zero attached hydrogens (tertiary/aromatic N) is 2. The van der Waals surface area contributed by atoms with Gasteiger partial charge in [0.1, 0.15) is 4.60 Å². The van der Waals surface area contributed by atoms with Gasteiger partial charge in [-0.1, -0.05) is 23.2 Å². The molecule has 4 nitrogen and oxygen atoms in total. The van der Waals surface area contributed by atoms with E-state index in [4.69, 9.17) is 23.2 Å². The zero-order valence-electron chi connectivity index (χ0n) is 8.82. The van der Waals surface area contributed by atoms with Gasteiger partial charge in [-0.2, -0.15) is 0 Å². The highest BCUT2D eigenvalue weighted by Gasteiger charge is 2.11. The van der Waals surface area contributed by atoms with Gasteiger partial charge in [-0.25, -0.2) is 9.97 Å². The van der Waals surface area contributed by atoms with Crippen LogP contribution in [0, 0.1) is 0 Å². The van der Waals surface area contributed by atoms with Crippen molar-refractivity contribution in [2.75, 3.05) is 5.32 Å². The number of benzene rings is 1. The number of anilines is 1. The van der Waals surface area contributed by atoms with Crippen LogP contribution in [0.25, 0.3) is 0 Å². The van der Waals surface area contributed by atoms with E-state index in [2.05, 4.69) is 31.2 Å². The van der Waals surface area contributed by atoms with Crippen molar-refractivity contribution in [3.63, 3.8) is 0 Å². The second-order valence-electron chi connectivity index (χ2n) is 3.30. The van der Waals surface area contributed by atoms with Gasteiger partial charge in [-0.15, -0.1) is 0 Å². The molecule has 0 unspecified atom stereocenters. The average molecular weight is 347 g/mol. The maximum absolute atomic E-state index is 11.9. The highest BCUT2D eigenvalue weighted by Crippen LogP contribution is 2.21. The van der Waals surface area contributed by atoms with Gasteiger partial charge in [-0.3, -0.25) is 4.79 Å². The van der Waals surface area contributed by atoms with Gasteiger partial charge >= 0.3 is 0 Å². The van der Waals surface area contributed by atoms with E-state index in [0.29, 0.717) is 21.0 Å². The molecule has 1 heterocycles. The number of amides is 1. The molecule has 0 fully saturated rings. The Hall–Kier alpha value is -1.17. The van der Waals surface area contributed by atoms with Crippen molar-refractivity contribution in [3.05, 3.63) is 50.8 Å². The van der Waals surface area contributed by atoms with Crippen molar-refractivity contribution >= 4 is 50.9 Å². The molecule has 2 rings (SSSR count). The molecule has 0 saturated carbocycles. The Morgan fingerprint density at radius 2 is 2.00 bits per heavy atom. The standard InChI is InChI=1S/C11H6BrCl2N3O/c12-9-4-16-10(5-15-9)17-11(18)7-2-1-6(13)3-8(7)14/h1-5H,(H,16,17,18). The third-order valence-electron chi connectivity index (χ3n) is 2.04. The van der Waals surface area contributed by atoms with Crippen molar-refractivity contribution in [2.45, 2.75) is 0 Å². The van der Waals surface area contributed by atoms with Gasteiger partial charge in [0.05, 0.1) is 23.0 Å². The first kappa shape index (κ1) is 13.3. The highest BCUT2D eigenvalue weighted by molar-refractivity contribution is 9.10. The predicted octanol–water partition coefficient (Wildman–Crippen LogP) is 3.80. The fourth-order valence-corrected chi connectivity index (χ4v) is 1.93. The molecule has 0 aliphatic heterocycles. The first-order valence-corrected chi connectivity index (χ1v) is 6.35. The number of halogens is 3. The molecule has 1 N–H and O–H groups in total. The van der Waals surface area contributed by atoms with Crippen LogP contribution in [0.3, 0.4) is 0 Å². The van der Waals surface area contributed by atoms with Crippen LogP contribution in [0.5, 0.6) is 0 Å². The maximum atomic E-state index is 11.9. The molecule has 0 aliphatic rings. The minimum atomic E-state index is -0.367. The Bertz CT molecular complexity index is 589. The summed E-state index contributed by atoms with van der Waals surface area (Å²) in [6.07, 6.45) is 2.92. The summed E-state index contributed by atoms with van der Waals surface area (Å²) < 4.78 is 0.588. The number of hydrogen-bond acceptors (Lipinski definition) is 3. The summed E-state index contributed by atoms with van der Waals surface area (Å²) in [5.74, 6) is -0.0255. The third-order valence-corrected chi connectivity index (χ3v) is 2.99. The molecule has 0 atom stereocenters. The average Bonchev–Trinajstić information content (AvgIpc) is 2.32. The Labute approximate surface area is 121 Å². The summed E-state index contributed by atoms with van der Waals surface area (Å²) in [6, 6.07) is 4.65. The molecule has 7 heteroatoms. The molecule has 0 saturated heterocycles. The molecule has 18 heavy (non-hydrogen) atoms. The van der Waals surface area contributed by atoms with Crippen molar-refractivity contribution in [3.8, 4) is 0 Å². The highest BCUT2D eigenvalue weighted by atomic mass is 79.9. The second kappa shape index (κ2) is 5.65. The van der Waals surface area contributed by atoms with Crippen LogP contribution in [-0.2, 0) is 0 Å². The predicted molar refractivity (Wildman–Crippen MR) is 74.1 cm³/mol. The summed E-state index contributed by atoms with van der Waals surface area (Å²) in [7, 11) is 0. The molecule has 92 valence electrons.